The highest BCUT2D eigenvalue weighted by molar-refractivity contribution is 7.89. The molecule has 0 aliphatic heterocycles. The molecule has 0 saturated heterocycles. The number of hydrogen-bond acceptors (Lipinski definition) is 5. The molecule has 0 spiro atoms. The maximum absolute atomic E-state index is 13.2. The highest BCUT2D eigenvalue weighted by Gasteiger charge is 2.19. The molecule has 1 heterocycles. The lowest BCUT2D eigenvalue weighted by Crippen LogP contribution is -2.15. The van der Waals surface area contributed by atoms with Gasteiger partial charge in [0, 0.05) is 5.69 Å². The second kappa shape index (κ2) is 8.41. The number of benzene rings is 2. The van der Waals surface area contributed by atoms with E-state index >= 15 is 0 Å². The minimum Gasteiger partial charge on any atom is -0.489 e. The predicted molar refractivity (Wildman–Crippen MR) is 105 cm³/mol. The second-order valence-electron chi connectivity index (χ2n) is 6.13. The van der Waals surface area contributed by atoms with Gasteiger partial charge in [0.05, 0.1) is 23.4 Å². The van der Waals surface area contributed by atoms with Crippen LogP contribution in [0.2, 0.25) is 0 Å². The Bertz CT molecular complexity index is 1110. The fourth-order valence-electron chi connectivity index (χ4n) is 2.48. The Morgan fingerprint density at radius 1 is 1.17 bits per heavy atom. The molecule has 10 heteroatoms. The monoisotopic (exact) mass is 418 g/mol. The number of amides is 1. The third kappa shape index (κ3) is 4.98. The second-order valence-corrected chi connectivity index (χ2v) is 7.70. The Labute approximate surface area is 167 Å². The average molecular weight is 418 g/mol. The van der Waals surface area contributed by atoms with Crippen LogP contribution in [0.25, 0.3) is 5.69 Å². The maximum atomic E-state index is 13.2. The van der Waals surface area contributed by atoms with E-state index in [1.54, 1.807) is 6.20 Å². The number of aromatic nitrogens is 2. The molecule has 3 rings (SSSR count). The summed E-state index contributed by atoms with van der Waals surface area (Å²) in [6.45, 7) is 2.32. The van der Waals surface area contributed by atoms with Gasteiger partial charge in [-0.1, -0.05) is 6.92 Å². The number of nitrogens with two attached hydrogens (primary N) is 1. The number of sulfonamides is 1. The summed E-state index contributed by atoms with van der Waals surface area (Å²) in [5, 5.41) is 12.0. The Hall–Kier alpha value is -3.24. The van der Waals surface area contributed by atoms with Crippen LogP contribution in [0.5, 0.6) is 5.75 Å². The fraction of sp³-hybridized carbons (Fsp3) is 0.158. The summed E-state index contributed by atoms with van der Waals surface area (Å²) in [6.07, 6.45) is 2.28. The van der Waals surface area contributed by atoms with Crippen molar-refractivity contribution in [2.24, 2.45) is 5.14 Å². The van der Waals surface area contributed by atoms with Gasteiger partial charge in [-0.15, -0.1) is 0 Å². The van der Waals surface area contributed by atoms with E-state index < -0.39 is 15.9 Å². The zero-order chi connectivity index (χ0) is 21.0. The lowest BCUT2D eigenvalue weighted by molar-refractivity contribution is 0.101. The van der Waals surface area contributed by atoms with E-state index in [0.29, 0.717) is 18.0 Å². The first-order chi connectivity index (χ1) is 13.8. The highest BCUT2D eigenvalue weighted by Crippen LogP contribution is 2.22. The van der Waals surface area contributed by atoms with Gasteiger partial charge < -0.3 is 10.1 Å². The summed E-state index contributed by atoms with van der Waals surface area (Å²) in [7, 11) is -3.82. The van der Waals surface area contributed by atoms with Gasteiger partial charge in [0.2, 0.25) is 10.0 Å². The van der Waals surface area contributed by atoms with E-state index in [2.05, 4.69) is 10.4 Å². The average Bonchev–Trinajstić information content (AvgIpc) is 3.11. The molecule has 3 N–H and O–H groups in total. The Morgan fingerprint density at radius 3 is 2.41 bits per heavy atom. The summed E-state index contributed by atoms with van der Waals surface area (Å²) in [6, 6.07) is 11.0. The quantitative estimate of drug-likeness (QED) is 0.612. The summed E-state index contributed by atoms with van der Waals surface area (Å²) in [5.74, 6) is -0.653. The van der Waals surface area contributed by atoms with Crippen molar-refractivity contribution < 1.29 is 22.3 Å². The van der Waals surface area contributed by atoms with Crippen LogP contribution in [0.15, 0.2) is 59.6 Å². The van der Waals surface area contributed by atoms with Crippen molar-refractivity contribution in [2.75, 3.05) is 11.9 Å². The van der Waals surface area contributed by atoms with Gasteiger partial charge in [-0.05, 0) is 55.0 Å². The molecule has 29 heavy (non-hydrogen) atoms. The summed E-state index contributed by atoms with van der Waals surface area (Å²) in [5.41, 5.74) is 0.961. The molecular weight excluding hydrogens is 399 g/mol. The number of carbonyl (C=O) groups is 1. The summed E-state index contributed by atoms with van der Waals surface area (Å²) < 4.78 is 42.9. The maximum Gasteiger partial charge on any atom is 0.280 e. The van der Waals surface area contributed by atoms with Crippen molar-refractivity contribution in [1.29, 1.82) is 0 Å². The zero-order valence-electron chi connectivity index (χ0n) is 15.5. The van der Waals surface area contributed by atoms with Crippen LogP contribution in [-0.2, 0) is 10.0 Å². The smallest absolute Gasteiger partial charge is 0.280 e. The van der Waals surface area contributed by atoms with E-state index in [1.807, 2.05) is 6.92 Å². The van der Waals surface area contributed by atoms with Crippen molar-refractivity contribution in [1.82, 2.24) is 9.78 Å². The molecule has 152 valence electrons. The zero-order valence-corrected chi connectivity index (χ0v) is 16.3. The Kier molecular flexibility index (Phi) is 5.95. The molecular formula is C19H19FN4O4S. The van der Waals surface area contributed by atoms with Crippen LogP contribution in [0.1, 0.15) is 23.8 Å². The van der Waals surface area contributed by atoms with Crippen molar-refractivity contribution in [3.05, 3.63) is 66.2 Å². The van der Waals surface area contributed by atoms with Gasteiger partial charge >= 0.3 is 0 Å². The molecule has 1 aromatic heterocycles. The molecule has 1 amide bonds. The number of carbonyl (C=O) groups excluding carboxylic acids is 1. The van der Waals surface area contributed by atoms with Crippen molar-refractivity contribution in [3.63, 3.8) is 0 Å². The molecule has 0 aliphatic carbocycles. The summed E-state index contributed by atoms with van der Waals surface area (Å²) >= 11 is 0. The number of halogens is 1. The number of nitrogens with zero attached hydrogens (tertiary/aromatic N) is 2. The first-order valence-electron chi connectivity index (χ1n) is 8.70. The standard InChI is InChI=1S/C19H19FN4O4S/c1-2-11-28-17-12-24(15-7-3-13(20)4-8-15)23-18(17)19(25)22-14-5-9-16(10-6-14)29(21,26)27/h3-10,12H,2,11H2,1H3,(H,22,25)(H2,21,26,27). The molecule has 0 unspecified atom stereocenters. The third-order valence-electron chi connectivity index (χ3n) is 3.89. The van der Waals surface area contributed by atoms with Gasteiger partial charge in [-0.25, -0.2) is 22.6 Å². The molecule has 0 atom stereocenters. The molecule has 0 aliphatic rings. The molecule has 3 aromatic rings. The predicted octanol–water partition coefficient (Wildman–Crippen LogP) is 2.70. The van der Waals surface area contributed by atoms with Crippen LogP contribution in [0.4, 0.5) is 10.1 Å². The lowest BCUT2D eigenvalue weighted by atomic mass is 10.3. The van der Waals surface area contributed by atoms with Crippen molar-refractivity contribution in [3.8, 4) is 11.4 Å². The molecule has 0 radical (unpaired) electrons. The molecule has 8 nitrogen and oxygen atoms in total. The largest absolute Gasteiger partial charge is 0.489 e. The van der Waals surface area contributed by atoms with Gasteiger partial charge in [0.15, 0.2) is 11.4 Å². The van der Waals surface area contributed by atoms with Crippen LogP contribution in [0.3, 0.4) is 0 Å². The number of anilines is 1. The van der Waals surface area contributed by atoms with E-state index in [9.17, 15) is 17.6 Å². The van der Waals surface area contributed by atoms with Gasteiger partial charge in [-0.2, -0.15) is 5.10 Å². The minimum atomic E-state index is -3.82. The first-order valence-corrected chi connectivity index (χ1v) is 10.2. The number of rotatable bonds is 7. The van der Waals surface area contributed by atoms with Crippen molar-refractivity contribution in [2.45, 2.75) is 18.2 Å². The van der Waals surface area contributed by atoms with Crippen LogP contribution >= 0.6 is 0 Å². The number of hydrogen-bond donors (Lipinski definition) is 2. The first kappa shape index (κ1) is 20.5. The van der Waals surface area contributed by atoms with E-state index in [-0.39, 0.29) is 22.2 Å². The van der Waals surface area contributed by atoms with Gasteiger partial charge in [0.1, 0.15) is 5.82 Å². The third-order valence-corrected chi connectivity index (χ3v) is 4.82. The SMILES string of the molecule is CCCOc1cn(-c2ccc(F)cc2)nc1C(=O)Nc1ccc(S(N)(=O)=O)cc1. The molecule has 0 saturated carbocycles. The summed E-state index contributed by atoms with van der Waals surface area (Å²) in [4.78, 5) is 12.6. The highest BCUT2D eigenvalue weighted by atomic mass is 32.2. The molecule has 0 fully saturated rings. The van der Waals surface area contributed by atoms with E-state index in [1.165, 1.54) is 53.2 Å². The van der Waals surface area contributed by atoms with Crippen LogP contribution in [-0.4, -0.2) is 30.7 Å². The van der Waals surface area contributed by atoms with E-state index in [4.69, 9.17) is 9.88 Å². The fourth-order valence-corrected chi connectivity index (χ4v) is 2.99. The molecule has 0 bridgehead atoms. The Morgan fingerprint density at radius 2 is 1.83 bits per heavy atom. The van der Waals surface area contributed by atoms with Gasteiger partial charge in [-0.3, -0.25) is 4.79 Å². The van der Waals surface area contributed by atoms with Crippen LogP contribution < -0.4 is 15.2 Å². The van der Waals surface area contributed by atoms with Crippen LogP contribution in [0, 0.1) is 5.82 Å². The normalized spacial score (nSPS) is 11.3. The van der Waals surface area contributed by atoms with Gasteiger partial charge in [0.25, 0.3) is 5.91 Å². The lowest BCUT2D eigenvalue weighted by Gasteiger charge is -2.06. The number of primary sulfonamides is 1. The number of nitrogens with one attached hydrogen (secondary N) is 1. The Balaban J connectivity index is 1.87. The molecule has 2 aromatic carbocycles. The minimum absolute atomic E-state index is 0.0401. The topological polar surface area (TPSA) is 116 Å². The van der Waals surface area contributed by atoms with Crippen molar-refractivity contribution >= 4 is 21.6 Å². The number of ether oxygens (including phenoxy) is 1. The van der Waals surface area contributed by atoms with E-state index in [0.717, 1.165) is 6.42 Å².